The average Bonchev–Trinajstić information content (AvgIpc) is 3.31. The Kier molecular flexibility index (Phi) is 15.4. The first kappa shape index (κ1) is 47.6. The lowest BCUT2D eigenvalue weighted by Crippen LogP contribution is -2.46. The van der Waals surface area contributed by atoms with Gasteiger partial charge in [-0.15, -0.1) is 11.8 Å². The number of sulfonamides is 1. The van der Waals surface area contributed by atoms with Crippen LogP contribution in [0.2, 0.25) is 5.02 Å². The molecule has 8 rings (SSSR count). The highest BCUT2D eigenvalue weighted by atomic mass is 35.5. The lowest BCUT2D eigenvalue weighted by Gasteiger charge is -2.36. The molecular formula is C50H55ClF3N7O3S2. The van der Waals surface area contributed by atoms with Gasteiger partial charge in [0.2, 0.25) is 0 Å². The molecule has 2 aliphatic rings. The second kappa shape index (κ2) is 21.4. The maximum absolute atomic E-state index is 14.8. The fraction of sp³-hybridized carbons (Fsp3) is 0.360. The van der Waals surface area contributed by atoms with E-state index in [0.29, 0.717) is 40.7 Å². The van der Waals surface area contributed by atoms with E-state index in [4.69, 9.17) is 16.3 Å². The summed E-state index contributed by atoms with van der Waals surface area (Å²) in [6.45, 7) is 10.5. The number of fused-ring (bicyclic) bond motifs is 1. The number of piperidine rings is 1. The molecule has 1 atom stereocenters. The highest BCUT2D eigenvalue weighted by Crippen LogP contribution is 2.38. The minimum Gasteiger partial charge on any atom is -0.381 e. The first-order chi connectivity index (χ1) is 31.8. The van der Waals surface area contributed by atoms with E-state index in [1.54, 1.807) is 17.8 Å². The molecule has 2 fully saturated rings. The predicted molar refractivity (Wildman–Crippen MR) is 261 cm³/mol. The van der Waals surface area contributed by atoms with Gasteiger partial charge in [-0.1, -0.05) is 66.2 Å². The van der Waals surface area contributed by atoms with Crippen LogP contribution in [0.1, 0.15) is 44.2 Å². The number of halogens is 4. The van der Waals surface area contributed by atoms with Crippen molar-refractivity contribution in [2.45, 2.75) is 73.9 Å². The van der Waals surface area contributed by atoms with Crippen molar-refractivity contribution in [3.8, 4) is 11.1 Å². The van der Waals surface area contributed by atoms with Crippen LogP contribution in [0.5, 0.6) is 0 Å². The van der Waals surface area contributed by atoms with Crippen molar-refractivity contribution in [1.82, 2.24) is 19.8 Å². The molecule has 2 N–H and O–H groups in total. The Balaban J connectivity index is 0.936. The number of piperazine rings is 1. The van der Waals surface area contributed by atoms with Crippen molar-refractivity contribution in [3.05, 3.63) is 138 Å². The summed E-state index contributed by atoms with van der Waals surface area (Å²) in [4.78, 5) is 16.1. The number of nitrogens with one attached hydrogen (secondary N) is 2. The van der Waals surface area contributed by atoms with Crippen molar-refractivity contribution in [3.63, 3.8) is 0 Å². The number of hydrogen-bond acceptors (Lipinski definition) is 10. The summed E-state index contributed by atoms with van der Waals surface area (Å²) in [6.07, 6.45) is -0.806. The van der Waals surface area contributed by atoms with E-state index in [1.807, 2.05) is 86.6 Å². The molecule has 0 radical (unpaired) electrons. The lowest BCUT2D eigenvalue weighted by molar-refractivity contribution is -0.137. The normalized spacial score (nSPS) is 16.2. The number of likely N-dealkylation sites (tertiary alicyclic amines) is 1. The van der Waals surface area contributed by atoms with Gasteiger partial charge >= 0.3 is 6.18 Å². The molecule has 0 bridgehead atoms. The zero-order valence-electron chi connectivity index (χ0n) is 37.1. The van der Waals surface area contributed by atoms with Crippen LogP contribution >= 0.6 is 23.4 Å². The number of anilines is 3. The zero-order valence-corrected chi connectivity index (χ0v) is 39.4. The molecule has 0 spiro atoms. The lowest BCUT2D eigenvalue weighted by atomic mass is 9.99. The molecule has 2 saturated heterocycles. The Morgan fingerprint density at radius 1 is 0.833 bits per heavy atom. The number of nitrogens with zero attached hydrogens (tertiary/aromatic N) is 5. The highest BCUT2D eigenvalue weighted by Gasteiger charge is 2.36. The van der Waals surface area contributed by atoms with Crippen LogP contribution in [-0.4, -0.2) is 98.0 Å². The largest absolute Gasteiger partial charge is 0.418 e. The third-order valence-corrected chi connectivity index (χ3v) is 14.9. The summed E-state index contributed by atoms with van der Waals surface area (Å²) in [7, 11) is -4.51. The quantitative estimate of drug-likeness (QED) is 0.0859. The van der Waals surface area contributed by atoms with Gasteiger partial charge in [0, 0.05) is 90.8 Å². The van der Waals surface area contributed by atoms with Gasteiger partial charge in [0.05, 0.1) is 28.2 Å². The fourth-order valence-corrected chi connectivity index (χ4v) is 10.8. The van der Waals surface area contributed by atoms with Crippen LogP contribution in [0.4, 0.5) is 30.4 Å². The van der Waals surface area contributed by atoms with E-state index in [9.17, 15) is 21.6 Å². The number of ether oxygens (including phenoxy) is 1. The maximum atomic E-state index is 14.8. The zero-order chi connectivity index (χ0) is 46.3. The highest BCUT2D eigenvalue weighted by molar-refractivity contribution is 7.99. The first-order valence-electron chi connectivity index (χ1n) is 22.4. The van der Waals surface area contributed by atoms with E-state index < -0.39 is 26.7 Å². The molecule has 0 unspecified atom stereocenters. The molecule has 348 valence electrons. The minimum atomic E-state index is -4.84. The van der Waals surface area contributed by atoms with Gasteiger partial charge in [-0.25, -0.2) is 18.4 Å². The molecule has 6 aromatic rings. The van der Waals surface area contributed by atoms with Crippen molar-refractivity contribution in [1.29, 1.82) is 0 Å². The molecule has 0 amide bonds. The monoisotopic (exact) mass is 957 g/mol. The van der Waals surface area contributed by atoms with E-state index >= 15 is 0 Å². The number of rotatable bonds is 17. The topological polar surface area (TPSA) is 103 Å². The van der Waals surface area contributed by atoms with E-state index in [0.717, 1.165) is 74.8 Å². The Morgan fingerprint density at radius 3 is 2.29 bits per heavy atom. The second-order valence-corrected chi connectivity index (χ2v) is 20.4. The summed E-state index contributed by atoms with van der Waals surface area (Å²) < 4.78 is 80.8. The molecule has 5 aromatic carbocycles. The standard InChI is InChI=1S/C50H55ClF3N7O3S2/c1-35(2)64-41-21-24-59(25-22-41)23-20-39(33-65-42-9-4-3-5-10-42)57-47-19-17-43(31-46(47)50(52,53)54)66(62,63)58-49-45-18-16-40(30-48(45)55-34-56-49)61-28-26-60(27-29-61)32-37-8-6-7-11-44(37)36-12-14-38(51)15-13-36/h3-19,30-31,34-35,39,41,57H,20-29,32-33H2,1-2H3,(H,55,56,58)/t39-/m1/s1. The van der Waals surface area contributed by atoms with Crippen molar-refractivity contribution in [2.75, 3.05) is 66.5 Å². The Morgan fingerprint density at radius 2 is 1.56 bits per heavy atom. The summed E-state index contributed by atoms with van der Waals surface area (Å²) in [5.74, 6) is 0.486. The maximum Gasteiger partial charge on any atom is 0.418 e. The molecule has 3 heterocycles. The van der Waals surface area contributed by atoms with E-state index in [-0.39, 0.29) is 29.8 Å². The number of thioether (sulfide) groups is 1. The SMILES string of the molecule is CC(C)OC1CCN(CC[C@H](CSc2ccccc2)Nc2ccc(S(=O)(=O)Nc3ncnc4cc(N5CCN(Cc6ccccc6-c6ccc(Cl)cc6)CC5)ccc34)cc2C(F)(F)F)CC1. The van der Waals surface area contributed by atoms with E-state index in [1.165, 1.54) is 29.6 Å². The number of hydrogen-bond donors (Lipinski definition) is 2. The third kappa shape index (κ3) is 12.3. The molecule has 10 nitrogen and oxygen atoms in total. The second-order valence-electron chi connectivity index (χ2n) is 17.1. The van der Waals surface area contributed by atoms with Gasteiger partial charge in [-0.05, 0) is 110 Å². The van der Waals surface area contributed by atoms with Gasteiger partial charge in [-0.3, -0.25) is 9.62 Å². The molecule has 1 aromatic heterocycles. The summed E-state index contributed by atoms with van der Waals surface area (Å²) in [5, 5.41) is 4.29. The summed E-state index contributed by atoms with van der Waals surface area (Å²) >= 11 is 7.71. The van der Waals surface area contributed by atoms with E-state index in [2.05, 4.69) is 52.9 Å². The van der Waals surface area contributed by atoms with Crippen LogP contribution in [0.3, 0.4) is 0 Å². The molecular weight excluding hydrogens is 903 g/mol. The van der Waals surface area contributed by atoms with Gasteiger partial charge in [0.15, 0.2) is 5.82 Å². The predicted octanol–water partition coefficient (Wildman–Crippen LogP) is 10.9. The van der Waals surface area contributed by atoms with Gasteiger partial charge in [0.25, 0.3) is 10.0 Å². The molecule has 16 heteroatoms. The summed E-state index contributed by atoms with van der Waals surface area (Å²) in [6, 6.07) is 34.3. The Labute approximate surface area is 395 Å². The van der Waals surface area contributed by atoms with Crippen LogP contribution in [-0.2, 0) is 27.5 Å². The van der Waals surface area contributed by atoms with Crippen LogP contribution in [0.15, 0.2) is 131 Å². The number of benzene rings is 5. The number of alkyl halides is 3. The smallest absolute Gasteiger partial charge is 0.381 e. The Hall–Kier alpha value is -4.90. The van der Waals surface area contributed by atoms with Gasteiger partial charge in [-0.2, -0.15) is 13.2 Å². The molecule has 2 aliphatic heterocycles. The molecule has 66 heavy (non-hydrogen) atoms. The third-order valence-electron chi connectivity index (χ3n) is 12.1. The number of aromatic nitrogens is 2. The first-order valence-corrected chi connectivity index (χ1v) is 25.2. The fourth-order valence-electron chi connectivity index (χ4n) is 8.66. The van der Waals surface area contributed by atoms with Crippen molar-refractivity contribution < 1.29 is 26.3 Å². The Bertz CT molecular complexity index is 2660. The molecule has 0 aliphatic carbocycles. The van der Waals surface area contributed by atoms with Gasteiger partial charge in [0.1, 0.15) is 6.33 Å². The van der Waals surface area contributed by atoms with Gasteiger partial charge < -0.3 is 19.9 Å². The molecule has 0 saturated carbocycles. The summed E-state index contributed by atoms with van der Waals surface area (Å²) in [5.41, 5.74) is 3.73. The van der Waals surface area contributed by atoms with Crippen LogP contribution < -0.4 is 14.9 Å². The van der Waals surface area contributed by atoms with Crippen molar-refractivity contribution in [2.24, 2.45) is 0 Å². The van der Waals surface area contributed by atoms with Crippen LogP contribution in [0.25, 0.3) is 22.0 Å². The average molecular weight is 959 g/mol. The van der Waals surface area contributed by atoms with Crippen LogP contribution in [0, 0.1) is 0 Å². The van der Waals surface area contributed by atoms with Crippen molar-refractivity contribution >= 4 is 61.5 Å². The minimum absolute atomic E-state index is 0.0238.